The van der Waals surface area contributed by atoms with Crippen LogP contribution in [0.4, 0.5) is 5.00 Å². The molecule has 3 N–H and O–H groups in total. The van der Waals surface area contributed by atoms with Gasteiger partial charge in [-0.25, -0.2) is 4.79 Å². The second-order valence-electron chi connectivity index (χ2n) is 5.72. The van der Waals surface area contributed by atoms with Gasteiger partial charge in [-0.1, -0.05) is 36.4 Å². The number of rotatable bonds is 7. The second-order valence-corrected chi connectivity index (χ2v) is 7.75. The standard InChI is InChI=1S/C20H19N3O2S2/c1-2-25-20(24)18-15(14(11-21)19(22)27-18)12-23-17(16-9-6-10-26-16)13-7-4-3-5-8-13/h3-10,17,23H,2,12,22H2,1H3/t17-/m0/s1. The van der Waals surface area contributed by atoms with Gasteiger partial charge in [0.05, 0.1) is 18.2 Å². The molecule has 0 unspecified atom stereocenters. The molecule has 27 heavy (non-hydrogen) atoms. The molecule has 1 atom stereocenters. The number of nitrogen functional groups attached to an aromatic ring is 1. The molecule has 2 heterocycles. The van der Waals surface area contributed by atoms with Crippen molar-refractivity contribution in [2.45, 2.75) is 19.5 Å². The summed E-state index contributed by atoms with van der Waals surface area (Å²) in [5.41, 5.74) is 8.01. The van der Waals surface area contributed by atoms with E-state index < -0.39 is 5.97 Å². The predicted octanol–water partition coefficient (Wildman–Crippen LogP) is 4.32. The minimum Gasteiger partial charge on any atom is -0.462 e. The first kappa shape index (κ1) is 19.1. The average molecular weight is 398 g/mol. The van der Waals surface area contributed by atoms with Gasteiger partial charge in [-0.2, -0.15) is 5.26 Å². The van der Waals surface area contributed by atoms with Crippen LogP contribution in [0.2, 0.25) is 0 Å². The summed E-state index contributed by atoms with van der Waals surface area (Å²) in [7, 11) is 0. The normalized spacial score (nSPS) is 11.7. The number of nitrogens with two attached hydrogens (primary N) is 1. The molecule has 0 aliphatic carbocycles. The molecule has 138 valence electrons. The number of thiophene rings is 2. The van der Waals surface area contributed by atoms with Crippen molar-refractivity contribution < 1.29 is 9.53 Å². The van der Waals surface area contributed by atoms with Gasteiger partial charge in [0, 0.05) is 17.0 Å². The number of nitriles is 1. The van der Waals surface area contributed by atoms with Gasteiger partial charge in [0.2, 0.25) is 0 Å². The molecule has 2 aromatic heterocycles. The third-order valence-corrected chi connectivity index (χ3v) is 6.03. The van der Waals surface area contributed by atoms with Gasteiger partial charge in [0.15, 0.2) is 0 Å². The molecule has 3 aromatic rings. The van der Waals surface area contributed by atoms with Crippen LogP contribution in [0.3, 0.4) is 0 Å². The lowest BCUT2D eigenvalue weighted by molar-refractivity contribution is 0.0530. The van der Waals surface area contributed by atoms with Gasteiger partial charge in [-0.3, -0.25) is 0 Å². The third kappa shape index (κ3) is 4.19. The van der Waals surface area contributed by atoms with Crippen LogP contribution in [0.25, 0.3) is 0 Å². The smallest absolute Gasteiger partial charge is 0.348 e. The molecule has 0 spiro atoms. The van der Waals surface area contributed by atoms with E-state index >= 15 is 0 Å². The molecule has 0 radical (unpaired) electrons. The average Bonchev–Trinajstić information content (AvgIpc) is 3.31. The van der Waals surface area contributed by atoms with Crippen molar-refractivity contribution in [3.05, 3.63) is 74.3 Å². The van der Waals surface area contributed by atoms with Crippen LogP contribution in [0.5, 0.6) is 0 Å². The Morgan fingerprint density at radius 3 is 2.70 bits per heavy atom. The summed E-state index contributed by atoms with van der Waals surface area (Å²) in [4.78, 5) is 13.8. The summed E-state index contributed by atoms with van der Waals surface area (Å²) in [5, 5.41) is 15.3. The molecule has 0 fully saturated rings. The number of hydrogen-bond acceptors (Lipinski definition) is 7. The molecule has 0 aliphatic rings. The fourth-order valence-corrected chi connectivity index (χ4v) is 4.58. The number of carbonyl (C=O) groups is 1. The summed E-state index contributed by atoms with van der Waals surface area (Å²) in [5.74, 6) is -0.445. The molecule has 1 aromatic carbocycles. The topological polar surface area (TPSA) is 88.1 Å². The number of carbonyl (C=O) groups excluding carboxylic acids is 1. The van der Waals surface area contributed by atoms with Crippen molar-refractivity contribution >= 4 is 33.6 Å². The van der Waals surface area contributed by atoms with Crippen molar-refractivity contribution in [3.8, 4) is 6.07 Å². The van der Waals surface area contributed by atoms with Gasteiger partial charge in [0.25, 0.3) is 0 Å². The van der Waals surface area contributed by atoms with Gasteiger partial charge >= 0.3 is 5.97 Å². The quantitative estimate of drug-likeness (QED) is 0.580. The Morgan fingerprint density at radius 1 is 1.30 bits per heavy atom. The molecule has 0 saturated heterocycles. The van der Waals surface area contributed by atoms with E-state index in [0.717, 1.165) is 21.8 Å². The van der Waals surface area contributed by atoms with Crippen molar-refractivity contribution in [2.24, 2.45) is 0 Å². The second kappa shape index (κ2) is 8.82. The Hall–Kier alpha value is -2.66. The van der Waals surface area contributed by atoms with Crippen molar-refractivity contribution in [2.75, 3.05) is 12.3 Å². The van der Waals surface area contributed by atoms with Gasteiger partial charge < -0.3 is 15.8 Å². The first-order chi connectivity index (χ1) is 13.2. The van der Waals surface area contributed by atoms with Crippen LogP contribution >= 0.6 is 22.7 Å². The molecule has 0 aliphatic heterocycles. The molecule has 7 heteroatoms. The fraction of sp³-hybridized carbons (Fsp3) is 0.200. The Bertz CT molecular complexity index is 944. The summed E-state index contributed by atoms with van der Waals surface area (Å²) in [6.07, 6.45) is 0. The van der Waals surface area contributed by atoms with E-state index in [2.05, 4.69) is 29.6 Å². The highest BCUT2D eigenvalue weighted by atomic mass is 32.1. The van der Waals surface area contributed by atoms with Gasteiger partial charge in [-0.15, -0.1) is 22.7 Å². The highest BCUT2D eigenvalue weighted by Gasteiger charge is 2.24. The molecular weight excluding hydrogens is 378 g/mol. The maximum absolute atomic E-state index is 12.3. The number of ether oxygens (including phenoxy) is 1. The first-order valence-corrected chi connectivity index (χ1v) is 10.1. The maximum Gasteiger partial charge on any atom is 0.348 e. The monoisotopic (exact) mass is 397 g/mol. The summed E-state index contributed by atoms with van der Waals surface area (Å²) in [6, 6.07) is 16.2. The maximum atomic E-state index is 12.3. The Morgan fingerprint density at radius 2 is 2.07 bits per heavy atom. The minimum atomic E-state index is -0.445. The van der Waals surface area contributed by atoms with Crippen LogP contribution in [0.15, 0.2) is 47.8 Å². The zero-order valence-corrected chi connectivity index (χ0v) is 16.4. The molecule has 5 nitrogen and oxygen atoms in total. The van der Waals surface area contributed by atoms with Crippen molar-refractivity contribution in [3.63, 3.8) is 0 Å². The Balaban J connectivity index is 1.92. The van der Waals surface area contributed by atoms with Gasteiger partial charge in [0.1, 0.15) is 15.9 Å². The molecule has 3 rings (SSSR count). The van der Waals surface area contributed by atoms with Crippen molar-refractivity contribution in [1.82, 2.24) is 5.32 Å². The number of hydrogen-bond donors (Lipinski definition) is 2. The lowest BCUT2D eigenvalue weighted by Gasteiger charge is -2.18. The van der Waals surface area contributed by atoms with E-state index in [1.165, 1.54) is 0 Å². The number of nitrogens with zero attached hydrogens (tertiary/aromatic N) is 1. The van der Waals surface area contributed by atoms with E-state index in [9.17, 15) is 10.1 Å². The first-order valence-electron chi connectivity index (χ1n) is 8.45. The third-order valence-electron chi connectivity index (χ3n) is 4.05. The van der Waals surface area contributed by atoms with Crippen molar-refractivity contribution in [1.29, 1.82) is 5.26 Å². The van der Waals surface area contributed by atoms with E-state index in [1.807, 2.05) is 29.6 Å². The van der Waals surface area contributed by atoms with E-state index in [0.29, 0.717) is 27.5 Å². The molecular formula is C20H19N3O2S2. The largest absolute Gasteiger partial charge is 0.462 e. The summed E-state index contributed by atoms with van der Waals surface area (Å²) in [6.45, 7) is 2.36. The van der Waals surface area contributed by atoms with Crippen LogP contribution in [0, 0.1) is 11.3 Å². The highest BCUT2D eigenvalue weighted by molar-refractivity contribution is 7.18. The zero-order valence-electron chi connectivity index (χ0n) is 14.8. The Labute approximate surface area is 166 Å². The van der Waals surface area contributed by atoms with E-state index in [-0.39, 0.29) is 12.6 Å². The molecule has 0 bridgehead atoms. The summed E-state index contributed by atoms with van der Waals surface area (Å²) < 4.78 is 5.13. The van der Waals surface area contributed by atoms with Crippen LogP contribution in [0.1, 0.15) is 44.2 Å². The predicted molar refractivity (Wildman–Crippen MR) is 109 cm³/mol. The van der Waals surface area contributed by atoms with E-state index in [4.69, 9.17) is 10.5 Å². The summed E-state index contributed by atoms with van der Waals surface area (Å²) >= 11 is 2.76. The number of nitrogens with one attached hydrogen (secondary N) is 1. The Kier molecular flexibility index (Phi) is 6.24. The zero-order chi connectivity index (χ0) is 19.2. The molecule has 0 saturated carbocycles. The number of esters is 1. The van der Waals surface area contributed by atoms with Crippen LogP contribution in [-0.4, -0.2) is 12.6 Å². The van der Waals surface area contributed by atoms with Gasteiger partial charge in [-0.05, 0) is 23.9 Å². The van der Waals surface area contributed by atoms with Crippen LogP contribution in [-0.2, 0) is 11.3 Å². The fourth-order valence-electron chi connectivity index (χ4n) is 2.83. The van der Waals surface area contributed by atoms with E-state index in [1.54, 1.807) is 18.3 Å². The lowest BCUT2D eigenvalue weighted by Crippen LogP contribution is -2.22. The molecule has 0 amide bonds. The SMILES string of the molecule is CCOC(=O)c1sc(N)c(C#N)c1CN[C@@H](c1ccccc1)c1cccs1. The van der Waals surface area contributed by atoms with Crippen LogP contribution < -0.4 is 11.1 Å². The number of anilines is 1. The number of benzene rings is 1. The lowest BCUT2D eigenvalue weighted by atomic mass is 10.0. The minimum absolute atomic E-state index is 0.0473. The highest BCUT2D eigenvalue weighted by Crippen LogP contribution is 2.33.